The standard InChI is InChI=1S/C19H25N3O2/c1-4-13(2)17(20-3)19(23)22-11-10-16-15(12-22)21-18(24-16)14-8-6-5-7-9-14/h5-9,13,17,20H,4,10-12H2,1-3H3/t13-,17+/m0/s1. The van der Waals surface area contributed by atoms with Crippen molar-refractivity contribution in [3.8, 4) is 11.5 Å². The first-order chi connectivity index (χ1) is 11.6. The molecule has 0 saturated heterocycles. The minimum atomic E-state index is -0.142. The van der Waals surface area contributed by atoms with Crippen molar-refractivity contribution < 1.29 is 9.21 Å². The van der Waals surface area contributed by atoms with Gasteiger partial charge in [-0.05, 0) is 25.1 Å². The second kappa shape index (κ2) is 7.18. The second-order valence-electron chi connectivity index (χ2n) is 6.42. The molecule has 1 N–H and O–H groups in total. The minimum absolute atomic E-state index is 0.142. The molecular weight excluding hydrogens is 302 g/mol. The molecule has 128 valence electrons. The molecule has 0 unspecified atom stereocenters. The molecule has 1 aromatic heterocycles. The van der Waals surface area contributed by atoms with Gasteiger partial charge in [0.2, 0.25) is 11.8 Å². The van der Waals surface area contributed by atoms with E-state index >= 15 is 0 Å². The predicted octanol–water partition coefficient (Wildman–Crippen LogP) is 2.86. The summed E-state index contributed by atoms with van der Waals surface area (Å²) < 4.78 is 5.91. The lowest BCUT2D eigenvalue weighted by atomic mass is 9.97. The van der Waals surface area contributed by atoms with E-state index in [0.717, 1.165) is 29.9 Å². The zero-order valence-electron chi connectivity index (χ0n) is 14.6. The first-order valence-electron chi connectivity index (χ1n) is 8.64. The number of nitrogens with zero attached hydrogens (tertiary/aromatic N) is 2. The molecule has 5 heteroatoms. The van der Waals surface area contributed by atoms with Crippen LogP contribution in [0.4, 0.5) is 0 Å². The van der Waals surface area contributed by atoms with Gasteiger partial charge in [0.15, 0.2) is 0 Å². The van der Waals surface area contributed by atoms with Gasteiger partial charge in [-0.3, -0.25) is 4.79 Å². The van der Waals surface area contributed by atoms with E-state index in [9.17, 15) is 4.79 Å². The molecule has 0 fully saturated rings. The third-order valence-corrected chi connectivity index (χ3v) is 4.85. The lowest BCUT2D eigenvalue weighted by molar-refractivity contribution is -0.135. The number of benzene rings is 1. The van der Waals surface area contributed by atoms with Gasteiger partial charge in [-0.15, -0.1) is 0 Å². The maximum atomic E-state index is 12.8. The van der Waals surface area contributed by atoms with Crippen LogP contribution in [0, 0.1) is 5.92 Å². The zero-order chi connectivity index (χ0) is 17.1. The van der Waals surface area contributed by atoms with E-state index in [1.165, 1.54) is 0 Å². The number of hydrogen-bond acceptors (Lipinski definition) is 4. The molecule has 1 aromatic carbocycles. The summed E-state index contributed by atoms with van der Waals surface area (Å²) in [6, 6.07) is 9.74. The molecule has 1 aliphatic heterocycles. The summed E-state index contributed by atoms with van der Waals surface area (Å²) in [7, 11) is 1.85. The lowest BCUT2D eigenvalue weighted by Gasteiger charge is -2.31. The van der Waals surface area contributed by atoms with Gasteiger partial charge in [0, 0.05) is 18.5 Å². The Bertz CT molecular complexity index is 696. The highest BCUT2D eigenvalue weighted by Crippen LogP contribution is 2.26. The SMILES string of the molecule is CC[C@H](C)[C@@H](NC)C(=O)N1CCc2oc(-c3ccccc3)nc2C1. The molecule has 2 aromatic rings. The first kappa shape index (κ1) is 16.7. The molecule has 24 heavy (non-hydrogen) atoms. The number of nitrogens with one attached hydrogen (secondary N) is 1. The van der Waals surface area contributed by atoms with Crippen LogP contribution in [0.2, 0.25) is 0 Å². The van der Waals surface area contributed by atoms with Crippen LogP contribution >= 0.6 is 0 Å². The zero-order valence-corrected chi connectivity index (χ0v) is 14.6. The Morgan fingerprint density at radius 1 is 1.38 bits per heavy atom. The maximum absolute atomic E-state index is 12.8. The third-order valence-electron chi connectivity index (χ3n) is 4.85. The van der Waals surface area contributed by atoms with Gasteiger partial charge in [-0.25, -0.2) is 4.98 Å². The molecule has 2 atom stereocenters. The van der Waals surface area contributed by atoms with Crippen molar-refractivity contribution in [1.82, 2.24) is 15.2 Å². The minimum Gasteiger partial charge on any atom is -0.441 e. The number of likely N-dealkylation sites (N-methyl/N-ethyl adjacent to an activating group) is 1. The molecule has 1 amide bonds. The van der Waals surface area contributed by atoms with Crippen LogP contribution in [-0.4, -0.2) is 35.4 Å². The molecule has 0 radical (unpaired) electrons. The number of fused-ring (bicyclic) bond motifs is 1. The normalized spacial score (nSPS) is 16.5. The molecule has 2 heterocycles. The van der Waals surface area contributed by atoms with Gasteiger partial charge in [-0.1, -0.05) is 38.5 Å². The third kappa shape index (κ3) is 3.22. The monoisotopic (exact) mass is 327 g/mol. The number of amides is 1. The Balaban J connectivity index is 1.77. The van der Waals surface area contributed by atoms with Crippen molar-refractivity contribution in [1.29, 1.82) is 0 Å². The smallest absolute Gasteiger partial charge is 0.240 e. The average Bonchev–Trinajstić information content (AvgIpc) is 3.06. The van der Waals surface area contributed by atoms with Crippen molar-refractivity contribution in [2.24, 2.45) is 5.92 Å². The molecule has 0 bridgehead atoms. The Morgan fingerprint density at radius 3 is 2.79 bits per heavy atom. The van der Waals surface area contributed by atoms with Crippen LogP contribution in [0.25, 0.3) is 11.5 Å². The number of carbonyl (C=O) groups is 1. The van der Waals surface area contributed by atoms with Crippen molar-refractivity contribution in [3.05, 3.63) is 41.8 Å². The summed E-state index contributed by atoms with van der Waals surface area (Å²) in [5, 5.41) is 3.17. The molecule has 5 nitrogen and oxygen atoms in total. The van der Waals surface area contributed by atoms with Crippen LogP contribution in [0.1, 0.15) is 31.7 Å². The number of rotatable bonds is 5. The van der Waals surface area contributed by atoms with Gasteiger partial charge in [-0.2, -0.15) is 0 Å². The van der Waals surface area contributed by atoms with Crippen molar-refractivity contribution >= 4 is 5.91 Å². The van der Waals surface area contributed by atoms with E-state index < -0.39 is 0 Å². The molecule has 0 spiro atoms. The quantitative estimate of drug-likeness (QED) is 0.917. The molecule has 1 aliphatic rings. The largest absolute Gasteiger partial charge is 0.441 e. The van der Waals surface area contributed by atoms with E-state index in [4.69, 9.17) is 4.42 Å². The number of hydrogen-bond donors (Lipinski definition) is 1. The summed E-state index contributed by atoms with van der Waals surface area (Å²) in [5.41, 5.74) is 1.85. The molecular formula is C19H25N3O2. The summed E-state index contributed by atoms with van der Waals surface area (Å²) in [6.07, 6.45) is 1.69. The summed E-state index contributed by atoms with van der Waals surface area (Å²) >= 11 is 0. The fourth-order valence-corrected chi connectivity index (χ4v) is 3.17. The van der Waals surface area contributed by atoms with Crippen LogP contribution in [-0.2, 0) is 17.8 Å². The molecule has 3 rings (SSSR count). The van der Waals surface area contributed by atoms with E-state index in [1.807, 2.05) is 42.3 Å². The first-order valence-corrected chi connectivity index (χ1v) is 8.64. The van der Waals surface area contributed by atoms with Crippen LogP contribution in [0.15, 0.2) is 34.7 Å². The van der Waals surface area contributed by atoms with Crippen LogP contribution in [0.5, 0.6) is 0 Å². The number of oxazole rings is 1. The summed E-state index contributed by atoms with van der Waals surface area (Å²) in [6.45, 7) is 5.43. The van der Waals surface area contributed by atoms with Gasteiger partial charge in [0.1, 0.15) is 11.5 Å². The van der Waals surface area contributed by atoms with Crippen LogP contribution in [0.3, 0.4) is 0 Å². The topological polar surface area (TPSA) is 58.4 Å². The fraction of sp³-hybridized carbons (Fsp3) is 0.474. The Morgan fingerprint density at radius 2 is 2.12 bits per heavy atom. The maximum Gasteiger partial charge on any atom is 0.240 e. The molecule has 0 aliphatic carbocycles. The number of carbonyl (C=O) groups excluding carboxylic acids is 1. The predicted molar refractivity (Wildman–Crippen MR) is 93.4 cm³/mol. The Kier molecular flexibility index (Phi) is 5.00. The Labute approximate surface area is 143 Å². The second-order valence-corrected chi connectivity index (χ2v) is 6.42. The van der Waals surface area contributed by atoms with Crippen LogP contribution < -0.4 is 5.32 Å². The highest BCUT2D eigenvalue weighted by Gasteiger charge is 2.31. The van der Waals surface area contributed by atoms with Crippen molar-refractivity contribution in [2.45, 2.75) is 39.3 Å². The van der Waals surface area contributed by atoms with Crippen molar-refractivity contribution in [2.75, 3.05) is 13.6 Å². The lowest BCUT2D eigenvalue weighted by Crippen LogP contribution is -2.49. The number of aromatic nitrogens is 1. The fourth-order valence-electron chi connectivity index (χ4n) is 3.17. The van der Waals surface area contributed by atoms with E-state index in [-0.39, 0.29) is 11.9 Å². The average molecular weight is 327 g/mol. The summed E-state index contributed by atoms with van der Waals surface area (Å²) in [5.74, 6) is 2.01. The van der Waals surface area contributed by atoms with Gasteiger partial charge in [0.25, 0.3) is 0 Å². The van der Waals surface area contributed by atoms with Gasteiger partial charge < -0.3 is 14.6 Å². The van der Waals surface area contributed by atoms with E-state index in [0.29, 0.717) is 24.9 Å². The van der Waals surface area contributed by atoms with Gasteiger partial charge in [0.05, 0.1) is 12.6 Å². The van der Waals surface area contributed by atoms with Crippen molar-refractivity contribution in [3.63, 3.8) is 0 Å². The highest BCUT2D eigenvalue weighted by atomic mass is 16.4. The van der Waals surface area contributed by atoms with Gasteiger partial charge >= 0.3 is 0 Å². The summed E-state index contributed by atoms with van der Waals surface area (Å²) in [4.78, 5) is 19.3. The Hall–Kier alpha value is -2.14. The van der Waals surface area contributed by atoms with E-state index in [1.54, 1.807) is 0 Å². The highest BCUT2D eigenvalue weighted by molar-refractivity contribution is 5.82. The van der Waals surface area contributed by atoms with E-state index in [2.05, 4.69) is 24.1 Å². The molecule has 0 saturated carbocycles.